The Kier molecular flexibility index (Phi) is 6.18. The van der Waals surface area contributed by atoms with Crippen molar-refractivity contribution >= 4 is 40.4 Å². The molecule has 8 heteroatoms. The second kappa shape index (κ2) is 9.13. The summed E-state index contributed by atoms with van der Waals surface area (Å²) >= 11 is 7.79. The molecule has 0 spiro atoms. The van der Waals surface area contributed by atoms with Crippen LogP contribution in [0.2, 0.25) is 5.02 Å². The number of carbonyl (C=O) groups excluding carboxylic acids is 2. The van der Waals surface area contributed by atoms with E-state index in [4.69, 9.17) is 11.6 Å². The third-order valence-electron chi connectivity index (χ3n) is 6.99. The SMILES string of the molecule is CC1(C)C(=O)N(c2cccc(-c3ccccc3Cl)c2)CC1N1CCN(C(=O)c2nccs2)CC1. The zero-order valence-electron chi connectivity index (χ0n) is 19.3. The fraction of sp³-hybridized carbons (Fsp3) is 0.346. The lowest BCUT2D eigenvalue weighted by Gasteiger charge is -2.41. The van der Waals surface area contributed by atoms with Crippen LogP contribution in [0.3, 0.4) is 0 Å². The summed E-state index contributed by atoms with van der Waals surface area (Å²) in [5.74, 6) is 0.115. The minimum absolute atomic E-state index is 0.00516. The quantitative estimate of drug-likeness (QED) is 0.529. The van der Waals surface area contributed by atoms with Crippen molar-refractivity contribution in [3.63, 3.8) is 0 Å². The highest BCUT2D eigenvalue weighted by Gasteiger charge is 2.50. The highest BCUT2D eigenvalue weighted by Crippen LogP contribution is 2.39. The number of amides is 2. The van der Waals surface area contributed by atoms with Crippen LogP contribution in [0.15, 0.2) is 60.1 Å². The number of halogens is 1. The average Bonchev–Trinajstić information content (AvgIpc) is 3.46. The molecule has 3 aromatic rings. The van der Waals surface area contributed by atoms with Gasteiger partial charge in [0.25, 0.3) is 5.91 Å². The van der Waals surface area contributed by atoms with E-state index in [1.807, 2.05) is 77.6 Å². The molecule has 1 atom stereocenters. The van der Waals surface area contributed by atoms with Crippen LogP contribution < -0.4 is 4.90 Å². The first kappa shape index (κ1) is 23.0. The fourth-order valence-electron chi connectivity index (χ4n) is 5.01. The third-order valence-corrected chi connectivity index (χ3v) is 8.08. The van der Waals surface area contributed by atoms with Crippen molar-refractivity contribution in [3.8, 4) is 11.1 Å². The van der Waals surface area contributed by atoms with Crippen molar-refractivity contribution in [1.29, 1.82) is 0 Å². The molecule has 34 heavy (non-hydrogen) atoms. The molecule has 3 heterocycles. The maximum absolute atomic E-state index is 13.5. The van der Waals surface area contributed by atoms with Crippen molar-refractivity contribution in [2.75, 3.05) is 37.6 Å². The van der Waals surface area contributed by atoms with Crippen molar-refractivity contribution < 1.29 is 9.59 Å². The molecule has 0 saturated carbocycles. The monoisotopic (exact) mass is 494 g/mol. The Morgan fingerprint density at radius 1 is 1.09 bits per heavy atom. The summed E-state index contributed by atoms with van der Waals surface area (Å²) < 4.78 is 0. The third kappa shape index (κ3) is 4.13. The lowest BCUT2D eigenvalue weighted by molar-refractivity contribution is -0.126. The predicted molar refractivity (Wildman–Crippen MR) is 136 cm³/mol. The van der Waals surface area contributed by atoms with Crippen LogP contribution >= 0.6 is 22.9 Å². The molecular weight excluding hydrogens is 468 g/mol. The Morgan fingerprint density at radius 2 is 1.85 bits per heavy atom. The van der Waals surface area contributed by atoms with Gasteiger partial charge in [0.1, 0.15) is 0 Å². The summed E-state index contributed by atoms with van der Waals surface area (Å²) in [6, 6.07) is 15.8. The Labute approximate surface area is 208 Å². The molecule has 2 aliphatic heterocycles. The summed E-state index contributed by atoms with van der Waals surface area (Å²) in [5, 5.41) is 3.05. The van der Waals surface area contributed by atoms with E-state index < -0.39 is 5.41 Å². The van der Waals surface area contributed by atoms with Crippen LogP contribution in [-0.2, 0) is 4.79 Å². The minimum Gasteiger partial charge on any atom is -0.334 e. The largest absolute Gasteiger partial charge is 0.334 e. The number of anilines is 1. The number of nitrogens with zero attached hydrogens (tertiary/aromatic N) is 4. The number of rotatable bonds is 4. The van der Waals surface area contributed by atoms with Gasteiger partial charge in [-0.25, -0.2) is 4.98 Å². The maximum atomic E-state index is 13.5. The molecule has 2 amide bonds. The number of aromatic nitrogens is 1. The Bertz CT molecular complexity index is 1210. The van der Waals surface area contributed by atoms with Gasteiger partial charge in [-0.2, -0.15) is 0 Å². The number of piperazine rings is 1. The van der Waals surface area contributed by atoms with Crippen LogP contribution in [-0.4, -0.2) is 65.4 Å². The van der Waals surface area contributed by atoms with Gasteiger partial charge in [-0.1, -0.05) is 41.9 Å². The van der Waals surface area contributed by atoms with Gasteiger partial charge in [0, 0.05) is 66.6 Å². The Morgan fingerprint density at radius 3 is 2.56 bits per heavy atom. The molecule has 0 N–H and O–H groups in total. The van der Waals surface area contributed by atoms with E-state index in [0.717, 1.165) is 29.9 Å². The highest BCUT2D eigenvalue weighted by molar-refractivity contribution is 7.11. The van der Waals surface area contributed by atoms with Crippen molar-refractivity contribution in [2.24, 2.45) is 5.41 Å². The first-order chi connectivity index (χ1) is 16.4. The number of hydrogen-bond acceptors (Lipinski definition) is 5. The smallest absolute Gasteiger partial charge is 0.282 e. The molecule has 5 rings (SSSR count). The molecular formula is C26H27ClN4O2S. The zero-order valence-corrected chi connectivity index (χ0v) is 20.9. The second-order valence-electron chi connectivity index (χ2n) is 9.35. The van der Waals surface area contributed by atoms with E-state index in [0.29, 0.717) is 29.7 Å². The molecule has 1 aromatic heterocycles. The lowest BCUT2D eigenvalue weighted by atomic mass is 9.85. The molecule has 1 unspecified atom stereocenters. The number of hydrogen-bond donors (Lipinski definition) is 0. The first-order valence-corrected chi connectivity index (χ1v) is 12.7. The Balaban J connectivity index is 1.32. The van der Waals surface area contributed by atoms with Crippen molar-refractivity contribution in [1.82, 2.24) is 14.8 Å². The summed E-state index contributed by atoms with van der Waals surface area (Å²) in [5.41, 5.74) is 2.30. The van der Waals surface area contributed by atoms with Crippen LogP contribution in [0.25, 0.3) is 11.1 Å². The molecule has 0 radical (unpaired) electrons. The van der Waals surface area contributed by atoms with Gasteiger partial charge in [0.2, 0.25) is 5.91 Å². The molecule has 0 aliphatic carbocycles. The fourth-order valence-corrected chi connectivity index (χ4v) is 5.85. The molecule has 2 aromatic carbocycles. The molecule has 176 valence electrons. The molecule has 6 nitrogen and oxygen atoms in total. The summed E-state index contributed by atoms with van der Waals surface area (Å²) in [4.78, 5) is 36.5. The van der Waals surface area contributed by atoms with Crippen molar-refractivity contribution in [2.45, 2.75) is 19.9 Å². The predicted octanol–water partition coefficient (Wildman–Crippen LogP) is 4.66. The van der Waals surface area contributed by atoms with E-state index in [1.165, 1.54) is 11.3 Å². The van der Waals surface area contributed by atoms with Gasteiger partial charge in [-0.15, -0.1) is 11.3 Å². The van der Waals surface area contributed by atoms with Gasteiger partial charge < -0.3 is 9.80 Å². The van der Waals surface area contributed by atoms with Gasteiger partial charge in [-0.3, -0.25) is 14.5 Å². The number of thiazole rings is 1. The summed E-state index contributed by atoms with van der Waals surface area (Å²) in [7, 11) is 0. The van der Waals surface area contributed by atoms with Crippen LogP contribution in [0.4, 0.5) is 5.69 Å². The van der Waals surface area contributed by atoms with E-state index in [1.54, 1.807) is 6.20 Å². The maximum Gasteiger partial charge on any atom is 0.282 e. The zero-order chi connectivity index (χ0) is 23.9. The van der Waals surface area contributed by atoms with Gasteiger partial charge >= 0.3 is 0 Å². The average molecular weight is 495 g/mol. The topological polar surface area (TPSA) is 56.8 Å². The summed E-state index contributed by atoms with van der Waals surface area (Å²) in [6.45, 7) is 7.45. The van der Waals surface area contributed by atoms with E-state index >= 15 is 0 Å². The Hall–Kier alpha value is -2.74. The van der Waals surface area contributed by atoms with E-state index in [-0.39, 0.29) is 17.9 Å². The van der Waals surface area contributed by atoms with Crippen LogP contribution in [0.1, 0.15) is 23.6 Å². The van der Waals surface area contributed by atoms with E-state index in [9.17, 15) is 9.59 Å². The van der Waals surface area contributed by atoms with Crippen LogP contribution in [0, 0.1) is 5.41 Å². The molecule has 2 aliphatic rings. The lowest BCUT2D eigenvalue weighted by Crippen LogP contribution is -2.55. The molecule has 2 fully saturated rings. The van der Waals surface area contributed by atoms with Gasteiger partial charge in [0.05, 0.1) is 5.41 Å². The molecule has 0 bridgehead atoms. The van der Waals surface area contributed by atoms with Gasteiger partial charge in [-0.05, 0) is 37.6 Å². The summed E-state index contributed by atoms with van der Waals surface area (Å²) in [6.07, 6.45) is 1.66. The normalized spacial score (nSPS) is 20.7. The van der Waals surface area contributed by atoms with Gasteiger partial charge in [0.15, 0.2) is 5.01 Å². The standard InChI is InChI=1S/C26H27ClN4O2S/c1-26(2)22(29-11-13-30(14-12-29)24(32)23-28-10-15-34-23)17-31(25(26)33)19-7-5-6-18(16-19)20-8-3-4-9-21(20)27/h3-10,15-16,22H,11-14,17H2,1-2H3. The van der Waals surface area contributed by atoms with Crippen molar-refractivity contribution in [3.05, 3.63) is 70.1 Å². The highest BCUT2D eigenvalue weighted by atomic mass is 35.5. The molecule has 2 saturated heterocycles. The number of benzene rings is 2. The second-order valence-corrected chi connectivity index (χ2v) is 10.7. The van der Waals surface area contributed by atoms with E-state index in [2.05, 4.69) is 9.88 Å². The first-order valence-electron chi connectivity index (χ1n) is 11.5. The van der Waals surface area contributed by atoms with Crippen LogP contribution in [0.5, 0.6) is 0 Å². The number of carbonyl (C=O) groups is 2. The minimum atomic E-state index is -0.526.